The van der Waals surface area contributed by atoms with Gasteiger partial charge in [-0.1, -0.05) is 38.1 Å². The molecule has 0 spiro atoms. The lowest BCUT2D eigenvalue weighted by molar-refractivity contribution is -0.122. The standard InChI is InChI=1S/C17H21N5O/c1-12(2)8-14-4-6-15(7-5-14)13(3)20-17(23)10-22-11-19-16(9-18)21-22/h4-7,11-13H,8,10H2,1-3H3,(H,20,23)/t13-/m1/s1. The number of carbonyl (C=O) groups is 1. The highest BCUT2D eigenvalue weighted by Gasteiger charge is 2.11. The minimum absolute atomic E-state index is 0.0461. The van der Waals surface area contributed by atoms with E-state index >= 15 is 0 Å². The van der Waals surface area contributed by atoms with E-state index in [0.717, 1.165) is 12.0 Å². The molecule has 6 nitrogen and oxygen atoms in total. The second kappa shape index (κ2) is 7.54. The van der Waals surface area contributed by atoms with Gasteiger partial charge in [-0.05, 0) is 30.4 Å². The molecule has 2 aromatic rings. The summed E-state index contributed by atoms with van der Waals surface area (Å²) in [6, 6.07) is 10.0. The highest BCUT2D eigenvalue weighted by atomic mass is 16.2. The van der Waals surface area contributed by atoms with Crippen molar-refractivity contribution in [3.63, 3.8) is 0 Å². The summed E-state index contributed by atoms with van der Waals surface area (Å²) >= 11 is 0. The minimum Gasteiger partial charge on any atom is -0.348 e. The quantitative estimate of drug-likeness (QED) is 0.886. The number of amides is 1. The average Bonchev–Trinajstić information content (AvgIpc) is 2.94. The first-order chi connectivity index (χ1) is 11.0. The molecule has 23 heavy (non-hydrogen) atoms. The van der Waals surface area contributed by atoms with Crippen LogP contribution in [0.25, 0.3) is 0 Å². The molecule has 120 valence electrons. The Morgan fingerprint density at radius 3 is 2.57 bits per heavy atom. The van der Waals surface area contributed by atoms with Crippen LogP contribution in [0.1, 0.15) is 43.8 Å². The minimum atomic E-state index is -0.168. The van der Waals surface area contributed by atoms with Crippen LogP contribution in [-0.2, 0) is 17.8 Å². The molecular weight excluding hydrogens is 290 g/mol. The zero-order chi connectivity index (χ0) is 16.8. The molecule has 0 unspecified atom stereocenters. The third-order valence-corrected chi connectivity index (χ3v) is 3.44. The summed E-state index contributed by atoms with van der Waals surface area (Å²) in [6.45, 7) is 6.37. The third-order valence-electron chi connectivity index (χ3n) is 3.44. The first kappa shape index (κ1) is 16.7. The summed E-state index contributed by atoms with van der Waals surface area (Å²) in [5.74, 6) is 0.517. The van der Waals surface area contributed by atoms with E-state index in [0.29, 0.717) is 5.92 Å². The SMILES string of the molecule is CC(C)Cc1ccc([C@@H](C)NC(=O)Cn2cnc(C#N)n2)cc1. The number of hydrogen-bond donors (Lipinski definition) is 1. The van der Waals surface area contributed by atoms with Crippen molar-refractivity contribution >= 4 is 5.91 Å². The van der Waals surface area contributed by atoms with Crippen LogP contribution in [-0.4, -0.2) is 20.7 Å². The molecule has 1 aromatic heterocycles. The van der Waals surface area contributed by atoms with Gasteiger partial charge in [-0.2, -0.15) is 5.26 Å². The number of nitrogens with zero attached hydrogens (tertiary/aromatic N) is 4. The lowest BCUT2D eigenvalue weighted by Crippen LogP contribution is -2.30. The van der Waals surface area contributed by atoms with Gasteiger partial charge in [-0.3, -0.25) is 4.79 Å². The number of rotatable bonds is 6. The van der Waals surface area contributed by atoms with Crippen molar-refractivity contribution in [1.82, 2.24) is 20.1 Å². The lowest BCUT2D eigenvalue weighted by Gasteiger charge is -2.15. The van der Waals surface area contributed by atoms with Crippen molar-refractivity contribution in [3.05, 3.63) is 47.5 Å². The van der Waals surface area contributed by atoms with Crippen molar-refractivity contribution in [1.29, 1.82) is 5.26 Å². The van der Waals surface area contributed by atoms with E-state index in [-0.39, 0.29) is 24.3 Å². The van der Waals surface area contributed by atoms with Gasteiger partial charge < -0.3 is 5.32 Å². The highest BCUT2D eigenvalue weighted by molar-refractivity contribution is 5.76. The fourth-order valence-corrected chi connectivity index (χ4v) is 2.35. The summed E-state index contributed by atoms with van der Waals surface area (Å²) in [5, 5.41) is 15.5. The van der Waals surface area contributed by atoms with E-state index in [1.807, 2.05) is 25.1 Å². The van der Waals surface area contributed by atoms with E-state index in [9.17, 15) is 4.79 Å². The summed E-state index contributed by atoms with van der Waals surface area (Å²) in [5.41, 5.74) is 2.36. The van der Waals surface area contributed by atoms with Gasteiger partial charge in [0, 0.05) is 0 Å². The average molecular weight is 311 g/mol. The largest absolute Gasteiger partial charge is 0.348 e. The number of nitrogens with one attached hydrogen (secondary N) is 1. The van der Waals surface area contributed by atoms with Crippen LogP contribution in [0.5, 0.6) is 0 Å². The Labute approximate surface area is 136 Å². The summed E-state index contributed by atoms with van der Waals surface area (Å²) in [4.78, 5) is 15.8. The van der Waals surface area contributed by atoms with Crippen LogP contribution in [0.4, 0.5) is 0 Å². The Balaban J connectivity index is 1.91. The molecule has 0 saturated carbocycles. The van der Waals surface area contributed by atoms with Crippen molar-refractivity contribution in [3.8, 4) is 6.07 Å². The van der Waals surface area contributed by atoms with E-state index in [4.69, 9.17) is 5.26 Å². The lowest BCUT2D eigenvalue weighted by atomic mass is 10.00. The first-order valence-electron chi connectivity index (χ1n) is 7.65. The zero-order valence-corrected chi connectivity index (χ0v) is 13.7. The van der Waals surface area contributed by atoms with Crippen molar-refractivity contribution < 1.29 is 4.79 Å². The predicted octanol–water partition coefficient (Wildman–Crippen LogP) is 2.23. The molecule has 0 aliphatic rings. The Morgan fingerprint density at radius 1 is 1.30 bits per heavy atom. The maximum absolute atomic E-state index is 12.0. The maximum Gasteiger partial charge on any atom is 0.252 e. The van der Waals surface area contributed by atoms with Crippen LogP contribution in [0.3, 0.4) is 0 Å². The van der Waals surface area contributed by atoms with E-state index in [2.05, 4.69) is 41.4 Å². The van der Waals surface area contributed by atoms with Crippen molar-refractivity contribution in [2.45, 2.75) is 39.8 Å². The van der Waals surface area contributed by atoms with Gasteiger partial charge in [0.2, 0.25) is 5.91 Å². The molecule has 0 fully saturated rings. The zero-order valence-electron chi connectivity index (χ0n) is 13.7. The summed E-state index contributed by atoms with van der Waals surface area (Å²) in [6.07, 6.45) is 2.43. The van der Waals surface area contributed by atoms with Crippen molar-refractivity contribution in [2.75, 3.05) is 0 Å². The topological polar surface area (TPSA) is 83.6 Å². The van der Waals surface area contributed by atoms with Crippen LogP contribution >= 0.6 is 0 Å². The first-order valence-corrected chi connectivity index (χ1v) is 7.65. The van der Waals surface area contributed by atoms with Gasteiger partial charge >= 0.3 is 0 Å². The Hall–Kier alpha value is -2.68. The van der Waals surface area contributed by atoms with Gasteiger partial charge in [0.25, 0.3) is 5.82 Å². The molecule has 0 bridgehead atoms. The van der Waals surface area contributed by atoms with Gasteiger partial charge in [-0.15, -0.1) is 5.10 Å². The molecule has 1 heterocycles. The maximum atomic E-state index is 12.0. The fraction of sp³-hybridized carbons (Fsp3) is 0.412. The summed E-state index contributed by atoms with van der Waals surface area (Å²) in [7, 11) is 0. The Bertz CT molecular complexity index is 697. The van der Waals surface area contributed by atoms with E-state index in [1.54, 1.807) is 0 Å². The molecule has 0 aliphatic heterocycles. The van der Waals surface area contributed by atoms with Crippen LogP contribution in [0.15, 0.2) is 30.6 Å². The van der Waals surface area contributed by atoms with Gasteiger partial charge in [-0.25, -0.2) is 9.67 Å². The molecule has 6 heteroatoms. The Kier molecular flexibility index (Phi) is 5.47. The number of nitriles is 1. The molecule has 1 aromatic carbocycles. The number of benzene rings is 1. The summed E-state index contributed by atoms with van der Waals surface area (Å²) < 4.78 is 1.35. The van der Waals surface area contributed by atoms with Crippen LogP contribution in [0, 0.1) is 17.2 Å². The molecule has 0 aliphatic carbocycles. The predicted molar refractivity (Wildman–Crippen MR) is 86.3 cm³/mol. The van der Waals surface area contributed by atoms with Gasteiger partial charge in [0.1, 0.15) is 18.9 Å². The van der Waals surface area contributed by atoms with Crippen LogP contribution in [0.2, 0.25) is 0 Å². The van der Waals surface area contributed by atoms with Gasteiger partial charge in [0.05, 0.1) is 6.04 Å². The van der Waals surface area contributed by atoms with Crippen LogP contribution < -0.4 is 5.32 Å². The second-order valence-electron chi connectivity index (χ2n) is 6.01. The smallest absolute Gasteiger partial charge is 0.252 e. The molecule has 0 saturated heterocycles. The monoisotopic (exact) mass is 311 g/mol. The number of carbonyl (C=O) groups excluding carboxylic acids is 1. The Morgan fingerprint density at radius 2 is 2.00 bits per heavy atom. The van der Waals surface area contributed by atoms with E-state index in [1.165, 1.54) is 16.6 Å². The third kappa shape index (κ3) is 4.92. The molecule has 0 radical (unpaired) electrons. The molecule has 1 N–H and O–H groups in total. The number of aromatic nitrogens is 3. The second-order valence-corrected chi connectivity index (χ2v) is 6.01. The highest BCUT2D eigenvalue weighted by Crippen LogP contribution is 2.15. The molecule has 1 amide bonds. The fourth-order valence-electron chi connectivity index (χ4n) is 2.35. The normalized spacial score (nSPS) is 12.0. The number of hydrogen-bond acceptors (Lipinski definition) is 4. The molecule has 2 rings (SSSR count). The van der Waals surface area contributed by atoms with Crippen molar-refractivity contribution in [2.24, 2.45) is 5.92 Å². The molecule has 1 atom stereocenters. The molecular formula is C17H21N5O. The van der Waals surface area contributed by atoms with E-state index < -0.39 is 0 Å². The van der Waals surface area contributed by atoms with Gasteiger partial charge in [0.15, 0.2) is 0 Å².